The fraction of sp³-hybridized carbons (Fsp3) is 0.714. The largest absolute Gasteiger partial charge is 0.329 e. The molecular formula is C14H24N2S. The third-order valence-corrected chi connectivity index (χ3v) is 4.88. The van der Waals surface area contributed by atoms with Crippen LogP contribution in [-0.4, -0.2) is 24.5 Å². The number of likely N-dealkylation sites (tertiary alicyclic amines) is 1. The van der Waals surface area contributed by atoms with Gasteiger partial charge in [-0.2, -0.15) is 0 Å². The van der Waals surface area contributed by atoms with Gasteiger partial charge < -0.3 is 5.73 Å². The summed E-state index contributed by atoms with van der Waals surface area (Å²) in [7, 11) is 0. The number of hydrogen-bond donors (Lipinski definition) is 1. The summed E-state index contributed by atoms with van der Waals surface area (Å²) in [6, 6.07) is 4.78. The molecule has 96 valence electrons. The molecule has 2 heterocycles. The number of hydrogen-bond acceptors (Lipinski definition) is 3. The Kier molecular flexibility index (Phi) is 4.23. The molecule has 0 spiro atoms. The minimum absolute atomic E-state index is 0.434. The average molecular weight is 252 g/mol. The molecule has 3 heteroatoms. The van der Waals surface area contributed by atoms with Crippen molar-refractivity contribution in [1.29, 1.82) is 0 Å². The standard InChI is InChI=1S/C14H24N2S/c1-14(2)6-4-8-16(9-7-14)12(11-15)13-5-3-10-17-13/h3,5,10,12H,4,6-9,11,15H2,1-2H3. The summed E-state index contributed by atoms with van der Waals surface area (Å²) in [5.74, 6) is 0. The number of thiophene rings is 1. The lowest BCUT2D eigenvalue weighted by Crippen LogP contribution is -2.34. The van der Waals surface area contributed by atoms with Crippen LogP contribution in [0.5, 0.6) is 0 Å². The summed E-state index contributed by atoms with van der Waals surface area (Å²) in [6.45, 7) is 7.90. The molecule has 0 saturated carbocycles. The van der Waals surface area contributed by atoms with E-state index in [0.29, 0.717) is 11.5 Å². The van der Waals surface area contributed by atoms with Crippen molar-refractivity contribution in [3.05, 3.63) is 22.4 Å². The Hall–Kier alpha value is -0.380. The predicted octanol–water partition coefficient (Wildman–Crippen LogP) is 3.26. The summed E-state index contributed by atoms with van der Waals surface area (Å²) in [6.07, 6.45) is 3.93. The van der Waals surface area contributed by atoms with Crippen LogP contribution in [0.25, 0.3) is 0 Å². The number of nitrogens with zero attached hydrogens (tertiary/aromatic N) is 1. The molecule has 0 radical (unpaired) electrons. The lowest BCUT2D eigenvalue weighted by molar-refractivity contribution is 0.202. The molecule has 1 aromatic heterocycles. The van der Waals surface area contributed by atoms with Crippen molar-refractivity contribution in [3.63, 3.8) is 0 Å². The SMILES string of the molecule is CC1(C)CCCN(C(CN)c2cccs2)CC1. The maximum atomic E-state index is 5.98. The van der Waals surface area contributed by atoms with Crippen LogP contribution in [0.15, 0.2) is 17.5 Å². The summed E-state index contributed by atoms with van der Waals surface area (Å²) >= 11 is 1.83. The highest BCUT2D eigenvalue weighted by Gasteiger charge is 2.27. The van der Waals surface area contributed by atoms with Crippen molar-refractivity contribution in [3.8, 4) is 0 Å². The summed E-state index contributed by atoms with van der Waals surface area (Å²) < 4.78 is 0. The minimum Gasteiger partial charge on any atom is -0.329 e. The van der Waals surface area contributed by atoms with Crippen LogP contribution in [0, 0.1) is 5.41 Å². The van der Waals surface area contributed by atoms with Gasteiger partial charge in [-0.1, -0.05) is 19.9 Å². The molecule has 0 bridgehead atoms. The maximum Gasteiger partial charge on any atom is 0.0564 e. The molecule has 0 amide bonds. The van der Waals surface area contributed by atoms with Gasteiger partial charge in [-0.05, 0) is 49.2 Å². The third-order valence-electron chi connectivity index (χ3n) is 3.91. The van der Waals surface area contributed by atoms with E-state index >= 15 is 0 Å². The zero-order chi connectivity index (χ0) is 12.3. The van der Waals surface area contributed by atoms with Crippen LogP contribution >= 0.6 is 11.3 Å². The minimum atomic E-state index is 0.434. The predicted molar refractivity (Wildman–Crippen MR) is 75.3 cm³/mol. The van der Waals surface area contributed by atoms with Crippen molar-refractivity contribution < 1.29 is 0 Å². The summed E-state index contributed by atoms with van der Waals surface area (Å²) in [5, 5.41) is 2.15. The smallest absolute Gasteiger partial charge is 0.0564 e. The van der Waals surface area contributed by atoms with E-state index in [4.69, 9.17) is 5.73 Å². The van der Waals surface area contributed by atoms with Crippen LogP contribution in [0.4, 0.5) is 0 Å². The first-order valence-corrected chi connectivity index (χ1v) is 7.48. The first-order valence-electron chi connectivity index (χ1n) is 6.60. The lowest BCUT2D eigenvalue weighted by atomic mass is 9.85. The van der Waals surface area contributed by atoms with Crippen molar-refractivity contribution in [1.82, 2.24) is 4.90 Å². The van der Waals surface area contributed by atoms with Gasteiger partial charge in [-0.3, -0.25) is 4.90 Å². The van der Waals surface area contributed by atoms with Crippen LogP contribution in [0.1, 0.15) is 44.0 Å². The molecule has 1 aliphatic heterocycles. The van der Waals surface area contributed by atoms with Crippen molar-refractivity contribution >= 4 is 11.3 Å². The molecule has 2 rings (SSSR count). The zero-order valence-electron chi connectivity index (χ0n) is 11.0. The Bertz CT molecular complexity index is 332. The Morgan fingerprint density at radius 3 is 2.88 bits per heavy atom. The normalized spacial score (nSPS) is 23.2. The van der Waals surface area contributed by atoms with Gasteiger partial charge >= 0.3 is 0 Å². The fourth-order valence-corrected chi connectivity index (χ4v) is 3.56. The van der Waals surface area contributed by atoms with Gasteiger partial charge in [0.1, 0.15) is 0 Å². The highest BCUT2D eigenvalue weighted by atomic mass is 32.1. The van der Waals surface area contributed by atoms with Crippen LogP contribution in [0.2, 0.25) is 0 Å². The molecule has 2 N–H and O–H groups in total. The molecule has 1 saturated heterocycles. The molecule has 17 heavy (non-hydrogen) atoms. The molecule has 1 atom stereocenters. The van der Waals surface area contributed by atoms with Crippen LogP contribution in [-0.2, 0) is 0 Å². The van der Waals surface area contributed by atoms with Gasteiger partial charge in [0, 0.05) is 11.4 Å². The quantitative estimate of drug-likeness (QED) is 0.894. The Morgan fingerprint density at radius 1 is 1.41 bits per heavy atom. The monoisotopic (exact) mass is 252 g/mol. The number of rotatable bonds is 3. The lowest BCUT2D eigenvalue weighted by Gasteiger charge is -2.29. The Morgan fingerprint density at radius 2 is 2.24 bits per heavy atom. The summed E-state index contributed by atoms with van der Waals surface area (Å²) in [4.78, 5) is 4.01. The van der Waals surface area contributed by atoms with E-state index in [1.165, 1.54) is 37.2 Å². The van der Waals surface area contributed by atoms with Gasteiger partial charge in [-0.25, -0.2) is 0 Å². The van der Waals surface area contributed by atoms with E-state index in [-0.39, 0.29) is 0 Å². The molecule has 1 unspecified atom stereocenters. The molecule has 1 aliphatic rings. The topological polar surface area (TPSA) is 29.3 Å². The first-order chi connectivity index (χ1) is 8.12. The van der Waals surface area contributed by atoms with Crippen LogP contribution in [0.3, 0.4) is 0 Å². The molecule has 1 fully saturated rings. The molecule has 0 aromatic carbocycles. The number of nitrogens with two attached hydrogens (primary N) is 1. The summed E-state index contributed by atoms with van der Waals surface area (Å²) in [5.41, 5.74) is 6.48. The fourth-order valence-electron chi connectivity index (χ4n) is 2.68. The highest BCUT2D eigenvalue weighted by molar-refractivity contribution is 7.10. The van der Waals surface area contributed by atoms with E-state index in [1.807, 2.05) is 11.3 Å². The zero-order valence-corrected chi connectivity index (χ0v) is 11.8. The van der Waals surface area contributed by atoms with Crippen molar-refractivity contribution in [2.45, 2.75) is 39.2 Å². The van der Waals surface area contributed by atoms with Gasteiger partial charge in [0.2, 0.25) is 0 Å². The van der Waals surface area contributed by atoms with E-state index in [2.05, 4.69) is 36.3 Å². The second-order valence-corrected chi connectivity index (χ2v) is 6.80. The Balaban J connectivity index is 2.05. The van der Waals surface area contributed by atoms with Gasteiger partial charge in [-0.15, -0.1) is 11.3 Å². The second-order valence-electron chi connectivity index (χ2n) is 5.82. The molecule has 0 aliphatic carbocycles. The van der Waals surface area contributed by atoms with E-state index in [1.54, 1.807) is 0 Å². The second kappa shape index (κ2) is 5.51. The van der Waals surface area contributed by atoms with E-state index in [0.717, 1.165) is 6.54 Å². The first kappa shape index (κ1) is 13.1. The van der Waals surface area contributed by atoms with E-state index in [9.17, 15) is 0 Å². The van der Waals surface area contributed by atoms with Gasteiger partial charge in [0.25, 0.3) is 0 Å². The van der Waals surface area contributed by atoms with Gasteiger partial charge in [0.05, 0.1) is 6.04 Å². The maximum absolute atomic E-state index is 5.98. The molecular weight excluding hydrogens is 228 g/mol. The third kappa shape index (κ3) is 3.30. The average Bonchev–Trinajstić information content (AvgIpc) is 2.73. The van der Waals surface area contributed by atoms with Crippen molar-refractivity contribution in [2.75, 3.05) is 19.6 Å². The highest BCUT2D eigenvalue weighted by Crippen LogP contribution is 2.33. The van der Waals surface area contributed by atoms with Crippen molar-refractivity contribution in [2.24, 2.45) is 11.1 Å². The van der Waals surface area contributed by atoms with Gasteiger partial charge in [0.15, 0.2) is 0 Å². The van der Waals surface area contributed by atoms with Crippen LogP contribution < -0.4 is 5.73 Å². The Labute approximate surface area is 109 Å². The molecule has 1 aromatic rings. The molecule has 2 nitrogen and oxygen atoms in total. The van der Waals surface area contributed by atoms with E-state index < -0.39 is 0 Å².